The molecule has 0 saturated carbocycles. The Kier molecular flexibility index (Phi) is 5.54. The predicted octanol–water partition coefficient (Wildman–Crippen LogP) is 2.94. The van der Waals surface area contributed by atoms with Crippen LogP contribution in [0.15, 0.2) is 48.5 Å². The first-order valence-corrected chi connectivity index (χ1v) is 8.89. The lowest BCUT2D eigenvalue weighted by molar-refractivity contribution is -0.148. The smallest absolute Gasteiger partial charge is 0.308 e. The zero-order valence-corrected chi connectivity index (χ0v) is 15.6. The lowest BCUT2D eigenvalue weighted by atomic mass is 10.1. The molecule has 3 amide bonds. The van der Waals surface area contributed by atoms with E-state index in [1.807, 2.05) is 0 Å². The third kappa shape index (κ3) is 4.09. The Morgan fingerprint density at radius 2 is 1.68 bits per heavy atom. The summed E-state index contributed by atoms with van der Waals surface area (Å²) in [5.74, 6) is -1.51. The van der Waals surface area contributed by atoms with Crippen LogP contribution in [0.1, 0.15) is 52.7 Å². The van der Waals surface area contributed by atoms with Crippen molar-refractivity contribution in [2.45, 2.75) is 26.4 Å². The molecule has 1 N–H and O–H groups in total. The van der Waals surface area contributed by atoms with Gasteiger partial charge < -0.3 is 10.1 Å². The highest BCUT2D eigenvalue weighted by molar-refractivity contribution is 6.21. The van der Waals surface area contributed by atoms with Crippen molar-refractivity contribution in [3.63, 3.8) is 0 Å². The molecule has 144 valence electrons. The van der Waals surface area contributed by atoms with Gasteiger partial charge in [-0.15, -0.1) is 0 Å². The van der Waals surface area contributed by atoms with Crippen molar-refractivity contribution >= 4 is 29.4 Å². The highest BCUT2D eigenvalue weighted by Crippen LogP contribution is 2.24. The molecular weight excluding hydrogens is 360 g/mol. The normalized spacial score (nSPS) is 13.9. The summed E-state index contributed by atoms with van der Waals surface area (Å²) >= 11 is 0. The van der Waals surface area contributed by atoms with Crippen molar-refractivity contribution < 1.29 is 23.9 Å². The number of hydrogen-bond donors (Lipinski definition) is 1. The first-order chi connectivity index (χ1) is 13.4. The molecule has 0 radical (unpaired) electrons. The monoisotopic (exact) mass is 380 g/mol. The minimum absolute atomic E-state index is 0.0379. The topological polar surface area (TPSA) is 92.8 Å². The average molecular weight is 380 g/mol. The molecule has 7 heteroatoms. The van der Waals surface area contributed by atoms with Gasteiger partial charge in [-0.3, -0.25) is 24.1 Å². The van der Waals surface area contributed by atoms with E-state index >= 15 is 0 Å². The van der Waals surface area contributed by atoms with Crippen LogP contribution in [-0.4, -0.2) is 35.1 Å². The molecule has 7 nitrogen and oxygen atoms in total. The minimum atomic E-state index is -0.539. The quantitative estimate of drug-likeness (QED) is 0.614. The lowest BCUT2D eigenvalue weighted by Gasteiger charge is -2.17. The number of imide groups is 1. The fourth-order valence-corrected chi connectivity index (χ4v) is 3.04. The number of amides is 3. The number of fused-ring (bicyclic) bond motifs is 1. The number of ether oxygens (including phenoxy) is 1. The zero-order chi connectivity index (χ0) is 20.3. The molecular formula is C21H20N2O5. The molecule has 0 spiro atoms. The van der Waals surface area contributed by atoms with E-state index in [2.05, 4.69) is 5.32 Å². The molecule has 1 atom stereocenters. The van der Waals surface area contributed by atoms with E-state index in [9.17, 15) is 19.2 Å². The molecule has 0 saturated heterocycles. The van der Waals surface area contributed by atoms with Crippen LogP contribution in [0, 0.1) is 0 Å². The van der Waals surface area contributed by atoms with E-state index < -0.39 is 23.9 Å². The third-order valence-corrected chi connectivity index (χ3v) is 4.40. The first-order valence-electron chi connectivity index (χ1n) is 8.89. The summed E-state index contributed by atoms with van der Waals surface area (Å²) in [4.78, 5) is 49.0. The van der Waals surface area contributed by atoms with Crippen molar-refractivity contribution in [1.82, 2.24) is 4.90 Å². The van der Waals surface area contributed by atoms with Gasteiger partial charge >= 0.3 is 5.97 Å². The molecule has 0 aliphatic carbocycles. The summed E-state index contributed by atoms with van der Waals surface area (Å²) in [6.07, 6.45) is -0.635. The highest BCUT2D eigenvalue weighted by atomic mass is 16.5. The zero-order valence-electron chi connectivity index (χ0n) is 15.6. The Morgan fingerprint density at radius 3 is 2.29 bits per heavy atom. The number of esters is 1. The molecule has 3 rings (SSSR count). The summed E-state index contributed by atoms with van der Waals surface area (Å²) in [5.41, 5.74) is 2.03. The standard InChI is InChI=1S/C21H20N2O5/c1-13(15-6-5-7-16(12-15)22-14(2)24)28-19(25)10-11-23-20(26)17-8-3-4-9-18(17)21(23)27/h3-9,12-13H,10-11H2,1-2H3,(H,22,24). The molecule has 0 fully saturated rings. The van der Waals surface area contributed by atoms with Crippen LogP contribution < -0.4 is 5.32 Å². The second-order valence-electron chi connectivity index (χ2n) is 6.50. The summed E-state index contributed by atoms with van der Waals surface area (Å²) in [6, 6.07) is 13.6. The largest absolute Gasteiger partial charge is 0.458 e. The van der Waals surface area contributed by atoms with E-state index in [1.54, 1.807) is 55.5 Å². The number of carbonyl (C=O) groups excluding carboxylic acids is 4. The second kappa shape index (κ2) is 8.04. The number of anilines is 1. The van der Waals surface area contributed by atoms with Gasteiger partial charge in [0.05, 0.1) is 17.5 Å². The maximum atomic E-state index is 12.3. The molecule has 1 heterocycles. The van der Waals surface area contributed by atoms with Crippen LogP contribution in [0.3, 0.4) is 0 Å². The molecule has 1 aliphatic heterocycles. The summed E-state index contributed by atoms with van der Waals surface area (Å²) in [7, 11) is 0. The van der Waals surface area contributed by atoms with E-state index in [0.717, 1.165) is 10.5 Å². The summed E-state index contributed by atoms with van der Waals surface area (Å²) < 4.78 is 5.40. The van der Waals surface area contributed by atoms with Gasteiger partial charge in [-0.1, -0.05) is 24.3 Å². The SMILES string of the molecule is CC(=O)Nc1cccc(C(C)OC(=O)CCN2C(=O)c3ccccc3C2=O)c1. The molecule has 0 bridgehead atoms. The molecule has 1 unspecified atom stereocenters. The van der Waals surface area contributed by atoms with Gasteiger partial charge in [0.1, 0.15) is 6.10 Å². The fraction of sp³-hybridized carbons (Fsp3) is 0.238. The minimum Gasteiger partial charge on any atom is -0.458 e. The number of rotatable bonds is 6. The molecule has 28 heavy (non-hydrogen) atoms. The highest BCUT2D eigenvalue weighted by Gasteiger charge is 2.35. The lowest BCUT2D eigenvalue weighted by Crippen LogP contribution is -2.32. The van der Waals surface area contributed by atoms with Crippen LogP contribution in [0.2, 0.25) is 0 Å². The van der Waals surface area contributed by atoms with Crippen molar-refractivity contribution in [2.75, 3.05) is 11.9 Å². The first kappa shape index (κ1) is 19.3. The van der Waals surface area contributed by atoms with Crippen LogP contribution in [0.4, 0.5) is 5.69 Å². The van der Waals surface area contributed by atoms with Gasteiger partial charge in [0.15, 0.2) is 0 Å². The van der Waals surface area contributed by atoms with Crippen LogP contribution in [-0.2, 0) is 14.3 Å². The fourth-order valence-electron chi connectivity index (χ4n) is 3.04. The number of benzene rings is 2. The Morgan fingerprint density at radius 1 is 1.04 bits per heavy atom. The van der Waals surface area contributed by atoms with Crippen LogP contribution in [0.25, 0.3) is 0 Å². The maximum Gasteiger partial charge on any atom is 0.308 e. The Bertz CT molecular complexity index is 918. The van der Waals surface area contributed by atoms with Gasteiger partial charge in [-0.25, -0.2) is 0 Å². The van der Waals surface area contributed by atoms with E-state index in [0.29, 0.717) is 16.8 Å². The van der Waals surface area contributed by atoms with Crippen molar-refractivity contribution in [1.29, 1.82) is 0 Å². The number of carbonyl (C=O) groups is 4. The van der Waals surface area contributed by atoms with Gasteiger partial charge in [0.2, 0.25) is 5.91 Å². The maximum absolute atomic E-state index is 12.3. The van der Waals surface area contributed by atoms with Crippen molar-refractivity contribution in [3.8, 4) is 0 Å². The Hall–Kier alpha value is -3.48. The van der Waals surface area contributed by atoms with Gasteiger partial charge in [-0.05, 0) is 36.8 Å². The van der Waals surface area contributed by atoms with Crippen LogP contribution in [0.5, 0.6) is 0 Å². The predicted molar refractivity (Wildman–Crippen MR) is 102 cm³/mol. The second-order valence-corrected chi connectivity index (χ2v) is 6.50. The Balaban J connectivity index is 1.57. The molecule has 2 aromatic carbocycles. The molecule has 1 aliphatic rings. The van der Waals surface area contributed by atoms with E-state index in [4.69, 9.17) is 4.74 Å². The summed E-state index contributed by atoms with van der Waals surface area (Å²) in [6.45, 7) is 3.09. The van der Waals surface area contributed by atoms with E-state index in [-0.39, 0.29) is 18.9 Å². The number of nitrogens with zero attached hydrogens (tertiary/aromatic N) is 1. The average Bonchev–Trinajstić information content (AvgIpc) is 2.90. The molecule has 0 aromatic heterocycles. The number of hydrogen-bond acceptors (Lipinski definition) is 5. The van der Waals surface area contributed by atoms with Gasteiger partial charge in [0.25, 0.3) is 11.8 Å². The number of nitrogens with one attached hydrogen (secondary N) is 1. The molecule has 2 aromatic rings. The summed E-state index contributed by atoms with van der Waals surface area (Å²) in [5, 5.41) is 2.67. The third-order valence-electron chi connectivity index (χ3n) is 4.40. The van der Waals surface area contributed by atoms with Crippen LogP contribution >= 0.6 is 0 Å². The van der Waals surface area contributed by atoms with Gasteiger partial charge in [-0.2, -0.15) is 0 Å². The Labute approximate surface area is 162 Å². The van der Waals surface area contributed by atoms with E-state index in [1.165, 1.54) is 6.92 Å². The van der Waals surface area contributed by atoms with Crippen molar-refractivity contribution in [3.05, 3.63) is 65.2 Å². The van der Waals surface area contributed by atoms with Gasteiger partial charge in [0, 0.05) is 19.2 Å². The van der Waals surface area contributed by atoms with Crippen molar-refractivity contribution in [2.24, 2.45) is 0 Å².